The van der Waals surface area contributed by atoms with E-state index in [-0.39, 0.29) is 12.5 Å². The van der Waals surface area contributed by atoms with Crippen LogP contribution in [0.15, 0.2) is 0 Å². The van der Waals surface area contributed by atoms with Crippen LogP contribution in [0.1, 0.15) is 13.8 Å². The van der Waals surface area contributed by atoms with Crippen LogP contribution in [0, 0.1) is 0 Å². The predicted molar refractivity (Wildman–Crippen MR) is 68.6 cm³/mol. The number of ether oxygens (including phenoxy) is 2. The first-order chi connectivity index (χ1) is 9.00. The highest BCUT2D eigenvalue weighted by Crippen LogP contribution is 1.92. The topological polar surface area (TPSA) is 186 Å². The van der Waals surface area contributed by atoms with Crippen molar-refractivity contribution in [1.29, 1.82) is 0 Å². The van der Waals surface area contributed by atoms with E-state index in [9.17, 15) is 9.59 Å². The number of rotatable bonds is 5. The van der Waals surface area contributed by atoms with E-state index in [4.69, 9.17) is 31.9 Å². The molecule has 0 spiro atoms. The Hall–Kier alpha value is -1.30. The second-order valence-electron chi connectivity index (χ2n) is 3.45. The first kappa shape index (κ1) is 23.8. The number of methoxy groups -OCH3 is 2. The standard InChI is InChI=1S/C4H6O6.2C3H9NO/c5-1(3(7)8)2(6)4(9)10;2*1-3(4)5-2/h1-2,5-6H,(H,7,8)(H,9,10);2*3H,4H2,1-2H3. The van der Waals surface area contributed by atoms with Gasteiger partial charge in [-0.15, -0.1) is 0 Å². The van der Waals surface area contributed by atoms with Crippen molar-refractivity contribution >= 4 is 11.9 Å². The number of hydrogen-bond acceptors (Lipinski definition) is 8. The lowest BCUT2D eigenvalue weighted by molar-refractivity contribution is -0.165. The fourth-order valence-electron chi connectivity index (χ4n) is 0.270. The first-order valence-electron chi connectivity index (χ1n) is 5.39. The monoisotopic (exact) mass is 300 g/mol. The van der Waals surface area contributed by atoms with Crippen molar-refractivity contribution in [3.05, 3.63) is 0 Å². The molecule has 0 aliphatic heterocycles. The van der Waals surface area contributed by atoms with Gasteiger partial charge < -0.3 is 41.4 Å². The molecule has 10 heteroatoms. The maximum Gasteiger partial charge on any atom is 0.335 e. The number of carboxylic acid groups (broad SMARTS) is 2. The molecule has 0 aliphatic carbocycles. The molecule has 0 rings (SSSR count). The molecule has 20 heavy (non-hydrogen) atoms. The Morgan fingerprint density at radius 1 is 0.850 bits per heavy atom. The van der Waals surface area contributed by atoms with Gasteiger partial charge in [-0.3, -0.25) is 0 Å². The molecular weight excluding hydrogens is 276 g/mol. The smallest absolute Gasteiger partial charge is 0.335 e. The van der Waals surface area contributed by atoms with E-state index in [1.54, 1.807) is 28.1 Å². The molecule has 0 saturated carbocycles. The van der Waals surface area contributed by atoms with Crippen LogP contribution in [-0.4, -0.2) is 71.2 Å². The van der Waals surface area contributed by atoms with Gasteiger partial charge in [0.25, 0.3) is 0 Å². The molecule has 0 saturated heterocycles. The lowest BCUT2D eigenvalue weighted by Gasteiger charge is -2.07. The molecule has 122 valence electrons. The summed E-state index contributed by atoms with van der Waals surface area (Å²) in [6, 6.07) is 0. The van der Waals surface area contributed by atoms with Crippen LogP contribution in [-0.2, 0) is 19.1 Å². The molecule has 8 N–H and O–H groups in total. The van der Waals surface area contributed by atoms with Crippen molar-refractivity contribution in [3.63, 3.8) is 0 Å². The summed E-state index contributed by atoms with van der Waals surface area (Å²) in [6.07, 6.45) is -4.76. The second-order valence-corrected chi connectivity index (χ2v) is 3.45. The lowest BCUT2D eigenvalue weighted by Crippen LogP contribution is -2.39. The Morgan fingerprint density at radius 2 is 1.00 bits per heavy atom. The molecule has 0 amide bonds. The second kappa shape index (κ2) is 14.1. The van der Waals surface area contributed by atoms with Crippen LogP contribution in [0.2, 0.25) is 0 Å². The van der Waals surface area contributed by atoms with Gasteiger partial charge in [-0.25, -0.2) is 9.59 Å². The average molecular weight is 300 g/mol. The maximum atomic E-state index is 9.77. The van der Waals surface area contributed by atoms with Crippen LogP contribution in [0.25, 0.3) is 0 Å². The molecule has 0 radical (unpaired) electrons. The summed E-state index contributed by atoms with van der Waals surface area (Å²) < 4.78 is 9.06. The third-order valence-electron chi connectivity index (χ3n) is 1.55. The molecule has 0 bridgehead atoms. The molecule has 0 aliphatic rings. The zero-order valence-corrected chi connectivity index (χ0v) is 11.9. The Labute approximate surface area is 116 Å². The lowest BCUT2D eigenvalue weighted by atomic mass is 10.2. The van der Waals surface area contributed by atoms with Crippen molar-refractivity contribution in [2.45, 2.75) is 38.5 Å². The van der Waals surface area contributed by atoms with Gasteiger partial charge >= 0.3 is 11.9 Å². The minimum Gasteiger partial charge on any atom is -0.479 e. The summed E-state index contributed by atoms with van der Waals surface area (Å²) in [5.74, 6) is -3.54. The molecule has 0 fully saturated rings. The number of aliphatic hydroxyl groups is 2. The zero-order chi connectivity index (χ0) is 16.9. The van der Waals surface area contributed by atoms with Crippen LogP contribution >= 0.6 is 0 Å². The van der Waals surface area contributed by atoms with Crippen molar-refractivity contribution in [2.24, 2.45) is 11.5 Å². The SMILES string of the molecule is COC(C)N.COC(C)N.O=C(O)C(O)C(O)C(=O)O. The van der Waals surface area contributed by atoms with Gasteiger partial charge in [0.2, 0.25) is 0 Å². The van der Waals surface area contributed by atoms with Crippen molar-refractivity contribution < 1.29 is 39.5 Å². The highest BCUT2D eigenvalue weighted by molar-refractivity contribution is 5.83. The highest BCUT2D eigenvalue weighted by Gasteiger charge is 2.29. The van der Waals surface area contributed by atoms with E-state index in [1.807, 2.05) is 0 Å². The predicted octanol–water partition coefficient (Wildman–Crippen LogP) is -2.25. The van der Waals surface area contributed by atoms with Gasteiger partial charge in [0, 0.05) is 14.2 Å². The summed E-state index contributed by atoms with van der Waals surface area (Å²) in [7, 11) is 3.15. The third-order valence-corrected chi connectivity index (χ3v) is 1.55. The molecule has 0 heterocycles. The highest BCUT2D eigenvalue weighted by atomic mass is 16.5. The summed E-state index contributed by atoms with van der Waals surface area (Å²) in [5.41, 5.74) is 10.1. The van der Waals surface area contributed by atoms with E-state index >= 15 is 0 Å². The van der Waals surface area contributed by atoms with Gasteiger partial charge in [0.1, 0.15) is 12.5 Å². The zero-order valence-electron chi connectivity index (χ0n) is 11.9. The molecule has 0 aromatic carbocycles. The van der Waals surface area contributed by atoms with Gasteiger partial charge in [0.05, 0.1) is 0 Å². The number of hydrogen-bond donors (Lipinski definition) is 6. The van der Waals surface area contributed by atoms with Crippen LogP contribution in [0.3, 0.4) is 0 Å². The van der Waals surface area contributed by atoms with Crippen molar-refractivity contribution in [3.8, 4) is 0 Å². The fourth-order valence-corrected chi connectivity index (χ4v) is 0.270. The Morgan fingerprint density at radius 3 is 1.05 bits per heavy atom. The summed E-state index contributed by atoms with van der Waals surface area (Å²) in [4.78, 5) is 19.5. The molecule has 0 aromatic rings. The molecule has 4 atom stereocenters. The Bertz CT molecular complexity index is 234. The molecule has 4 unspecified atom stereocenters. The van der Waals surface area contributed by atoms with E-state index in [0.29, 0.717) is 0 Å². The minimum atomic E-state index is -2.27. The molecule has 0 aromatic heterocycles. The molecule has 10 nitrogen and oxygen atoms in total. The minimum absolute atomic E-state index is 0.116. The van der Waals surface area contributed by atoms with Crippen molar-refractivity contribution in [2.75, 3.05) is 14.2 Å². The molecular formula is C10H24N2O8. The largest absolute Gasteiger partial charge is 0.479 e. The fraction of sp³-hybridized carbons (Fsp3) is 0.800. The quantitative estimate of drug-likeness (QED) is 0.303. The summed E-state index contributed by atoms with van der Waals surface area (Å²) >= 11 is 0. The first-order valence-corrected chi connectivity index (χ1v) is 5.39. The van der Waals surface area contributed by atoms with Crippen LogP contribution in [0.4, 0.5) is 0 Å². The van der Waals surface area contributed by atoms with Gasteiger partial charge in [-0.2, -0.15) is 0 Å². The van der Waals surface area contributed by atoms with Gasteiger partial charge in [-0.1, -0.05) is 0 Å². The third kappa shape index (κ3) is 19.0. The average Bonchev–Trinajstić information content (AvgIpc) is 2.37. The van der Waals surface area contributed by atoms with E-state index in [0.717, 1.165) is 0 Å². The normalized spacial score (nSPS) is 15.4. The van der Waals surface area contributed by atoms with E-state index in [1.165, 1.54) is 0 Å². The van der Waals surface area contributed by atoms with Crippen molar-refractivity contribution in [1.82, 2.24) is 0 Å². The Balaban J connectivity index is -0.000000244. The number of aliphatic hydroxyl groups excluding tert-OH is 2. The van der Waals surface area contributed by atoms with E-state index in [2.05, 4.69) is 9.47 Å². The number of carbonyl (C=O) groups is 2. The number of carboxylic acids is 2. The number of aliphatic carboxylic acids is 2. The summed E-state index contributed by atoms with van der Waals surface area (Å²) in [6.45, 7) is 3.56. The van der Waals surface area contributed by atoms with Crippen LogP contribution < -0.4 is 11.5 Å². The summed E-state index contributed by atoms with van der Waals surface area (Å²) in [5, 5.41) is 32.5. The van der Waals surface area contributed by atoms with Gasteiger partial charge in [0.15, 0.2) is 12.2 Å². The van der Waals surface area contributed by atoms with Gasteiger partial charge in [-0.05, 0) is 13.8 Å². The number of nitrogens with two attached hydrogens (primary N) is 2. The Kier molecular flexibility index (Phi) is 16.8. The van der Waals surface area contributed by atoms with Crippen LogP contribution in [0.5, 0.6) is 0 Å². The van der Waals surface area contributed by atoms with E-state index < -0.39 is 24.1 Å². The maximum absolute atomic E-state index is 9.77.